The highest BCUT2D eigenvalue weighted by atomic mass is 32.1. The first-order valence-corrected chi connectivity index (χ1v) is 9.02. The second kappa shape index (κ2) is 6.81. The average molecular weight is 346 g/mol. The fourth-order valence-corrected chi connectivity index (χ4v) is 3.91. The van der Waals surface area contributed by atoms with Gasteiger partial charge in [-0.05, 0) is 25.5 Å². The number of thiazole rings is 1. The zero-order valence-corrected chi connectivity index (χ0v) is 15.0. The molecule has 3 rings (SSSR count). The van der Waals surface area contributed by atoms with E-state index < -0.39 is 5.60 Å². The first kappa shape index (κ1) is 16.8. The summed E-state index contributed by atoms with van der Waals surface area (Å²) in [5.41, 5.74) is 1.03. The lowest BCUT2D eigenvalue weighted by Crippen LogP contribution is -2.21. The molecule has 1 fully saturated rings. The molecule has 24 heavy (non-hydrogen) atoms. The third-order valence-corrected chi connectivity index (χ3v) is 5.08. The number of esters is 1. The molecule has 0 radical (unpaired) electrons. The van der Waals surface area contributed by atoms with Crippen LogP contribution in [0, 0.1) is 5.92 Å². The molecule has 0 bridgehead atoms. The molecule has 1 aliphatic rings. The third kappa shape index (κ3) is 3.24. The van der Waals surface area contributed by atoms with Crippen LogP contribution in [0.4, 0.5) is 10.8 Å². The minimum Gasteiger partial charge on any atom is -0.495 e. The molecule has 5 nitrogen and oxygen atoms in total. The van der Waals surface area contributed by atoms with Gasteiger partial charge in [0.05, 0.1) is 24.4 Å². The highest BCUT2D eigenvalue weighted by molar-refractivity contribution is 7.13. The number of nitrogens with zero attached hydrogens (tertiary/aromatic N) is 1. The van der Waals surface area contributed by atoms with Crippen LogP contribution < -0.4 is 10.1 Å². The number of nitrogens with one attached hydrogen (secondary N) is 1. The Morgan fingerprint density at radius 2 is 2.25 bits per heavy atom. The summed E-state index contributed by atoms with van der Waals surface area (Å²) in [6.45, 7) is 4.03. The number of cyclic esters (lactones) is 1. The number of hydrogen-bond acceptors (Lipinski definition) is 6. The van der Waals surface area contributed by atoms with Crippen LogP contribution in [0.2, 0.25) is 0 Å². The van der Waals surface area contributed by atoms with Crippen LogP contribution >= 0.6 is 11.3 Å². The quantitative estimate of drug-likeness (QED) is 0.782. The van der Waals surface area contributed by atoms with Crippen LogP contribution in [0.1, 0.15) is 38.8 Å². The van der Waals surface area contributed by atoms with E-state index in [-0.39, 0.29) is 11.9 Å². The Bertz CT molecular complexity index is 731. The van der Waals surface area contributed by atoms with Gasteiger partial charge < -0.3 is 14.8 Å². The van der Waals surface area contributed by atoms with Crippen molar-refractivity contribution in [3.8, 4) is 5.75 Å². The van der Waals surface area contributed by atoms with Crippen LogP contribution in [-0.4, -0.2) is 18.1 Å². The summed E-state index contributed by atoms with van der Waals surface area (Å²) in [5.74, 6) is 0.634. The van der Waals surface area contributed by atoms with Crippen molar-refractivity contribution >= 4 is 28.1 Å². The Hall–Kier alpha value is -2.08. The first-order valence-electron chi connectivity index (χ1n) is 8.14. The van der Waals surface area contributed by atoms with E-state index in [4.69, 9.17) is 9.47 Å². The Morgan fingerprint density at radius 1 is 1.46 bits per heavy atom. The van der Waals surface area contributed by atoms with Crippen molar-refractivity contribution in [1.29, 1.82) is 0 Å². The summed E-state index contributed by atoms with van der Waals surface area (Å²) in [6.07, 6.45) is 2.54. The molecule has 1 aromatic carbocycles. The number of methoxy groups -OCH3 is 1. The molecule has 1 aromatic heterocycles. The normalized spacial score (nSPS) is 23.1. The number of ether oxygens (including phenoxy) is 2. The lowest BCUT2D eigenvalue weighted by molar-refractivity contribution is -0.150. The number of para-hydroxylation sites is 2. The number of carbonyl (C=O) groups excluding carboxylic acids is 1. The van der Waals surface area contributed by atoms with Crippen LogP contribution in [0.15, 0.2) is 29.6 Å². The van der Waals surface area contributed by atoms with Gasteiger partial charge in [0.2, 0.25) is 0 Å². The van der Waals surface area contributed by atoms with E-state index in [1.54, 1.807) is 7.11 Å². The fraction of sp³-hybridized carbons (Fsp3) is 0.444. The van der Waals surface area contributed by atoms with Crippen molar-refractivity contribution in [2.24, 2.45) is 5.92 Å². The summed E-state index contributed by atoms with van der Waals surface area (Å²) < 4.78 is 11.0. The summed E-state index contributed by atoms with van der Waals surface area (Å²) in [6, 6.07) is 7.69. The Kier molecular flexibility index (Phi) is 4.76. The van der Waals surface area contributed by atoms with E-state index in [0.29, 0.717) is 6.42 Å². The molecule has 1 saturated heterocycles. The van der Waals surface area contributed by atoms with Crippen LogP contribution in [0.3, 0.4) is 0 Å². The molecule has 0 spiro atoms. The van der Waals surface area contributed by atoms with Gasteiger partial charge in [-0.25, -0.2) is 4.98 Å². The number of rotatable bonds is 6. The molecular formula is C18H22N2O3S. The van der Waals surface area contributed by atoms with E-state index >= 15 is 0 Å². The van der Waals surface area contributed by atoms with Crippen LogP contribution in [-0.2, 0) is 15.1 Å². The molecule has 0 saturated carbocycles. The average Bonchev–Trinajstić information content (AvgIpc) is 3.14. The number of hydrogen-bond donors (Lipinski definition) is 1. The number of aromatic nitrogens is 1. The van der Waals surface area contributed by atoms with Gasteiger partial charge in [0.15, 0.2) is 10.7 Å². The zero-order valence-electron chi connectivity index (χ0n) is 14.2. The molecular weight excluding hydrogens is 324 g/mol. The Morgan fingerprint density at radius 3 is 3.00 bits per heavy atom. The predicted molar refractivity (Wildman–Crippen MR) is 94.8 cm³/mol. The van der Waals surface area contributed by atoms with E-state index in [9.17, 15) is 4.79 Å². The van der Waals surface area contributed by atoms with Gasteiger partial charge in [-0.2, -0.15) is 0 Å². The Labute approximate surface area is 146 Å². The lowest BCUT2D eigenvalue weighted by atomic mass is 9.91. The molecule has 2 heterocycles. The summed E-state index contributed by atoms with van der Waals surface area (Å²) >= 11 is 1.50. The van der Waals surface area contributed by atoms with Crippen molar-refractivity contribution in [2.45, 2.75) is 38.7 Å². The van der Waals surface area contributed by atoms with Crippen molar-refractivity contribution in [3.63, 3.8) is 0 Å². The molecule has 6 heteroatoms. The fourth-order valence-electron chi connectivity index (χ4n) is 3.06. The smallest absolute Gasteiger partial charge is 0.310 e. The van der Waals surface area contributed by atoms with Crippen molar-refractivity contribution in [1.82, 2.24) is 4.98 Å². The molecule has 0 aliphatic carbocycles. The van der Waals surface area contributed by atoms with E-state index in [2.05, 4.69) is 17.2 Å². The van der Waals surface area contributed by atoms with E-state index in [1.807, 2.05) is 36.6 Å². The van der Waals surface area contributed by atoms with Gasteiger partial charge >= 0.3 is 5.97 Å². The topological polar surface area (TPSA) is 60.4 Å². The van der Waals surface area contributed by atoms with Gasteiger partial charge in [-0.1, -0.05) is 25.5 Å². The van der Waals surface area contributed by atoms with Crippen molar-refractivity contribution < 1.29 is 14.3 Å². The van der Waals surface area contributed by atoms with Crippen LogP contribution in [0.25, 0.3) is 0 Å². The SMILES string of the molecule is CCC[C@H]1C[C@](C)(c2csc(Nc3ccccc3OC)n2)OC1=O. The van der Waals surface area contributed by atoms with Gasteiger partial charge in [-0.15, -0.1) is 11.3 Å². The lowest BCUT2D eigenvalue weighted by Gasteiger charge is -2.20. The highest BCUT2D eigenvalue weighted by Gasteiger charge is 2.45. The van der Waals surface area contributed by atoms with Gasteiger partial charge in [0.1, 0.15) is 5.75 Å². The predicted octanol–water partition coefficient (Wildman–Crippen LogP) is 4.47. The second-order valence-electron chi connectivity index (χ2n) is 6.20. The largest absolute Gasteiger partial charge is 0.495 e. The monoisotopic (exact) mass is 346 g/mol. The molecule has 0 unspecified atom stereocenters. The van der Waals surface area contributed by atoms with Gasteiger partial charge in [0.25, 0.3) is 0 Å². The molecule has 1 aliphatic heterocycles. The molecule has 128 valence electrons. The Balaban J connectivity index is 1.77. The maximum atomic E-state index is 12.1. The maximum Gasteiger partial charge on any atom is 0.310 e. The van der Waals surface area contributed by atoms with Crippen molar-refractivity contribution in [2.75, 3.05) is 12.4 Å². The number of benzene rings is 1. The third-order valence-electron chi connectivity index (χ3n) is 4.33. The first-order chi connectivity index (χ1) is 11.6. The molecule has 2 aromatic rings. The van der Waals surface area contributed by atoms with Crippen LogP contribution in [0.5, 0.6) is 5.75 Å². The molecule has 0 amide bonds. The minimum atomic E-state index is -0.631. The molecule has 2 atom stereocenters. The summed E-state index contributed by atoms with van der Waals surface area (Å²) in [4.78, 5) is 16.7. The summed E-state index contributed by atoms with van der Waals surface area (Å²) in [7, 11) is 1.64. The maximum absolute atomic E-state index is 12.1. The van der Waals surface area contributed by atoms with Gasteiger partial charge in [-0.3, -0.25) is 4.79 Å². The van der Waals surface area contributed by atoms with E-state index in [0.717, 1.165) is 35.1 Å². The zero-order chi connectivity index (χ0) is 17.2. The minimum absolute atomic E-state index is 0.0210. The second-order valence-corrected chi connectivity index (χ2v) is 7.06. The molecule has 1 N–H and O–H groups in total. The van der Waals surface area contributed by atoms with Gasteiger partial charge in [0, 0.05) is 11.8 Å². The van der Waals surface area contributed by atoms with E-state index in [1.165, 1.54) is 11.3 Å². The standard InChI is InChI=1S/C18H22N2O3S/c1-4-7-12-10-18(2,23-16(12)21)15-11-24-17(20-15)19-13-8-5-6-9-14(13)22-3/h5-6,8-9,11-12H,4,7,10H2,1-3H3,(H,19,20)/t12-,18+/m0/s1. The number of carbonyl (C=O) groups is 1. The number of anilines is 2. The van der Waals surface area contributed by atoms with Crippen molar-refractivity contribution in [3.05, 3.63) is 35.3 Å². The summed E-state index contributed by atoms with van der Waals surface area (Å²) in [5, 5.41) is 5.99. The highest BCUT2D eigenvalue weighted by Crippen LogP contribution is 2.42.